The van der Waals surface area contributed by atoms with Crippen molar-refractivity contribution in [3.63, 3.8) is 0 Å². The van der Waals surface area contributed by atoms with Crippen LogP contribution in [-0.2, 0) is 4.74 Å². The van der Waals surface area contributed by atoms with E-state index in [1.807, 2.05) is 0 Å². The van der Waals surface area contributed by atoms with Gasteiger partial charge in [0.2, 0.25) is 0 Å². The van der Waals surface area contributed by atoms with Crippen molar-refractivity contribution in [3.05, 3.63) is 28.5 Å². The summed E-state index contributed by atoms with van der Waals surface area (Å²) in [5, 5.41) is 12.1. The zero-order valence-electron chi connectivity index (χ0n) is 9.52. The summed E-state index contributed by atoms with van der Waals surface area (Å²) in [5.74, 6) is -0.213. The molecule has 17 heavy (non-hydrogen) atoms. The van der Waals surface area contributed by atoms with Crippen molar-refractivity contribution in [2.75, 3.05) is 20.3 Å². The van der Waals surface area contributed by atoms with E-state index in [-0.39, 0.29) is 12.5 Å². The molecule has 1 amide bonds. The van der Waals surface area contributed by atoms with Gasteiger partial charge in [-0.15, -0.1) is 0 Å². The Bertz CT molecular complexity index is 373. The Labute approximate surface area is 108 Å². The Morgan fingerprint density at radius 3 is 3.12 bits per heavy atom. The van der Waals surface area contributed by atoms with E-state index >= 15 is 0 Å². The maximum Gasteiger partial charge on any atom is 0.254 e. The molecule has 6 heteroatoms. The van der Waals surface area contributed by atoms with Crippen LogP contribution in [0.5, 0.6) is 0 Å². The minimum atomic E-state index is -0.558. The molecule has 0 saturated carbocycles. The lowest BCUT2D eigenvalue weighted by molar-refractivity contribution is 0.0587. The van der Waals surface area contributed by atoms with Gasteiger partial charge in [-0.1, -0.05) is 0 Å². The Hall–Kier alpha value is -0.980. The molecule has 0 saturated heterocycles. The predicted octanol–water partition coefficient (Wildman–Crippen LogP) is 0.971. The van der Waals surface area contributed by atoms with Gasteiger partial charge in [-0.05, 0) is 34.5 Å². The van der Waals surface area contributed by atoms with Crippen LogP contribution in [0.3, 0.4) is 0 Å². The zero-order chi connectivity index (χ0) is 12.7. The first-order valence-corrected chi connectivity index (χ1v) is 6.00. The SMILES string of the molecule is COCC(O)CCNC(=O)c1cccnc1Br. The molecule has 0 aliphatic carbocycles. The third-order valence-corrected chi connectivity index (χ3v) is 2.76. The van der Waals surface area contributed by atoms with Crippen molar-refractivity contribution in [3.8, 4) is 0 Å². The monoisotopic (exact) mass is 302 g/mol. The van der Waals surface area contributed by atoms with Gasteiger partial charge in [0, 0.05) is 19.9 Å². The van der Waals surface area contributed by atoms with Gasteiger partial charge >= 0.3 is 0 Å². The summed E-state index contributed by atoms with van der Waals surface area (Å²) in [7, 11) is 1.52. The lowest BCUT2D eigenvalue weighted by Gasteiger charge is -2.10. The maximum atomic E-state index is 11.7. The van der Waals surface area contributed by atoms with Crippen LogP contribution in [0.15, 0.2) is 22.9 Å². The molecule has 1 rings (SSSR count). The standard InChI is InChI=1S/C11H15BrN2O3/c1-17-7-8(15)4-6-14-11(16)9-3-2-5-13-10(9)12/h2-3,5,8,15H,4,6-7H2,1H3,(H,14,16). The first-order chi connectivity index (χ1) is 8.15. The van der Waals surface area contributed by atoms with Crippen LogP contribution >= 0.6 is 15.9 Å². The van der Waals surface area contributed by atoms with Gasteiger partial charge in [-0.3, -0.25) is 4.79 Å². The normalized spacial score (nSPS) is 12.2. The van der Waals surface area contributed by atoms with Gasteiger partial charge in [-0.2, -0.15) is 0 Å². The number of carbonyl (C=O) groups excluding carboxylic acids is 1. The molecule has 1 unspecified atom stereocenters. The van der Waals surface area contributed by atoms with Gasteiger partial charge in [-0.25, -0.2) is 4.98 Å². The minimum absolute atomic E-state index is 0.213. The van der Waals surface area contributed by atoms with Crippen molar-refractivity contribution in [2.45, 2.75) is 12.5 Å². The number of aromatic nitrogens is 1. The van der Waals surface area contributed by atoms with E-state index in [0.29, 0.717) is 23.1 Å². The van der Waals surface area contributed by atoms with E-state index in [1.165, 1.54) is 7.11 Å². The highest BCUT2D eigenvalue weighted by Crippen LogP contribution is 2.11. The van der Waals surface area contributed by atoms with Crippen molar-refractivity contribution < 1.29 is 14.6 Å². The van der Waals surface area contributed by atoms with E-state index in [9.17, 15) is 9.90 Å². The molecule has 0 spiro atoms. The first-order valence-electron chi connectivity index (χ1n) is 5.21. The van der Waals surface area contributed by atoms with Gasteiger partial charge in [0.05, 0.1) is 18.3 Å². The zero-order valence-corrected chi connectivity index (χ0v) is 11.1. The van der Waals surface area contributed by atoms with Crippen LogP contribution in [0.2, 0.25) is 0 Å². The first kappa shape index (κ1) is 14.1. The van der Waals surface area contributed by atoms with Gasteiger partial charge in [0.25, 0.3) is 5.91 Å². The number of ether oxygens (including phenoxy) is 1. The third kappa shape index (κ3) is 4.80. The molecular weight excluding hydrogens is 288 g/mol. The van der Waals surface area contributed by atoms with Crippen molar-refractivity contribution in [2.24, 2.45) is 0 Å². The van der Waals surface area contributed by atoms with Crippen molar-refractivity contribution in [1.29, 1.82) is 0 Å². The second kappa shape index (κ2) is 7.37. The fraction of sp³-hybridized carbons (Fsp3) is 0.455. The second-order valence-corrected chi connectivity index (χ2v) is 4.25. The summed E-state index contributed by atoms with van der Waals surface area (Å²) in [6.45, 7) is 0.664. The van der Waals surface area contributed by atoms with E-state index in [4.69, 9.17) is 4.74 Å². The Kier molecular flexibility index (Phi) is 6.10. The third-order valence-electron chi connectivity index (χ3n) is 2.13. The average molecular weight is 303 g/mol. The molecule has 2 N–H and O–H groups in total. The number of aliphatic hydroxyl groups excluding tert-OH is 1. The van der Waals surface area contributed by atoms with Crippen molar-refractivity contribution >= 4 is 21.8 Å². The highest BCUT2D eigenvalue weighted by atomic mass is 79.9. The number of rotatable bonds is 6. The molecule has 0 aromatic carbocycles. The fourth-order valence-electron chi connectivity index (χ4n) is 1.28. The molecule has 1 aromatic rings. The lowest BCUT2D eigenvalue weighted by atomic mass is 10.2. The number of hydrogen-bond acceptors (Lipinski definition) is 4. The predicted molar refractivity (Wildman–Crippen MR) is 66.8 cm³/mol. The topological polar surface area (TPSA) is 71.5 Å². The quantitative estimate of drug-likeness (QED) is 0.768. The molecular formula is C11H15BrN2O3. The summed E-state index contributed by atoms with van der Waals surface area (Å²) in [6.07, 6.45) is 1.50. The summed E-state index contributed by atoms with van der Waals surface area (Å²) >= 11 is 3.20. The summed E-state index contributed by atoms with van der Waals surface area (Å²) < 4.78 is 5.29. The Balaban J connectivity index is 2.38. The Morgan fingerprint density at radius 2 is 2.47 bits per heavy atom. The van der Waals surface area contributed by atoms with Gasteiger partial charge < -0.3 is 15.2 Å². The maximum absolute atomic E-state index is 11.7. The molecule has 0 fully saturated rings. The molecule has 0 aliphatic heterocycles. The number of amides is 1. The fourth-order valence-corrected chi connectivity index (χ4v) is 1.71. The molecule has 1 heterocycles. The number of nitrogens with zero attached hydrogens (tertiary/aromatic N) is 1. The highest BCUT2D eigenvalue weighted by Gasteiger charge is 2.10. The molecule has 0 radical (unpaired) electrons. The number of pyridine rings is 1. The van der Waals surface area contributed by atoms with Crippen LogP contribution in [0.25, 0.3) is 0 Å². The van der Waals surface area contributed by atoms with Crippen LogP contribution in [0.4, 0.5) is 0 Å². The molecule has 0 aliphatic rings. The van der Waals surface area contributed by atoms with Crippen LogP contribution in [0.1, 0.15) is 16.8 Å². The van der Waals surface area contributed by atoms with Crippen LogP contribution in [0, 0.1) is 0 Å². The van der Waals surface area contributed by atoms with Gasteiger partial charge in [0.15, 0.2) is 0 Å². The molecule has 5 nitrogen and oxygen atoms in total. The number of methoxy groups -OCH3 is 1. The minimum Gasteiger partial charge on any atom is -0.391 e. The number of carbonyl (C=O) groups is 1. The molecule has 1 aromatic heterocycles. The van der Waals surface area contributed by atoms with Crippen LogP contribution < -0.4 is 5.32 Å². The van der Waals surface area contributed by atoms with E-state index in [0.717, 1.165) is 0 Å². The average Bonchev–Trinajstić information content (AvgIpc) is 2.29. The lowest BCUT2D eigenvalue weighted by Crippen LogP contribution is -2.28. The number of nitrogens with one attached hydrogen (secondary N) is 1. The van der Waals surface area contributed by atoms with Gasteiger partial charge in [0.1, 0.15) is 4.60 Å². The Morgan fingerprint density at radius 1 is 1.71 bits per heavy atom. The number of aliphatic hydroxyl groups is 1. The summed E-state index contributed by atoms with van der Waals surface area (Å²) in [6, 6.07) is 3.37. The smallest absolute Gasteiger partial charge is 0.254 e. The summed E-state index contributed by atoms with van der Waals surface area (Å²) in [5.41, 5.74) is 0.480. The van der Waals surface area contributed by atoms with E-state index in [1.54, 1.807) is 18.3 Å². The number of halogens is 1. The molecule has 1 atom stereocenters. The second-order valence-electron chi connectivity index (χ2n) is 3.50. The van der Waals surface area contributed by atoms with Crippen molar-refractivity contribution in [1.82, 2.24) is 10.3 Å². The van der Waals surface area contributed by atoms with E-state index in [2.05, 4.69) is 26.2 Å². The van der Waals surface area contributed by atoms with E-state index < -0.39 is 6.10 Å². The number of hydrogen-bond donors (Lipinski definition) is 2. The molecule has 0 bridgehead atoms. The largest absolute Gasteiger partial charge is 0.391 e. The highest BCUT2D eigenvalue weighted by molar-refractivity contribution is 9.10. The van der Waals surface area contributed by atoms with Crippen LogP contribution in [-0.4, -0.2) is 42.4 Å². The summed E-state index contributed by atoms with van der Waals surface area (Å²) in [4.78, 5) is 15.7. The molecule has 94 valence electrons.